The maximum absolute atomic E-state index is 13.7. The van der Waals surface area contributed by atoms with Gasteiger partial charge in [-0.2, -0.15) is 31.0 Å². The minimum atomic E-state index is -4.99. The van der Waals surface area contributed by atoms with Gasteiger partial charge in [0.2, 0.25) is 5.95 Å². The van der Waals surface area contributed by atoms with Crippen LogP contribution in [0.4, 0.5) is 37.1 Å². The molecule has 0 unspecified atom stereocenters. The molecule has 1 aromatic carbocycles. The second-order valence-corrected chi connectivity index (χ2v) is 10.6. The lowest BCUT2D eigenvalue weighted by Gasteiger charge is -2.47. The highest BCUT2D eigenvalue weighted by Gasteiger charge is 2.42. The van der Waals surface area contributed by atoms with Crippen LogP contribution >= 0.6 is 0 Å². The number of anilines is 1. The predicted octanol–water partition coefficient (Wildman–Crippen LogP) is 6.06. The van der Waals surface area contributed by atoms with Crippen molar-refractivity contribution in [2.45, 2.75) is 96.5 Å². The van der Waals surface area contributed by atoms with Crippen molar-refractivity contribution in [3.8, 4) is 5.69 Å². The van der Waals surface area contributed by atoms with Crippen LogP contribution in [0, 0.1) is 0 Å². The van der Waals surface area contributed by atoms with Crippen LogP contribution in [0.3, 0.4) is 0 Å². The van der Waals surface area contributed by atoms with E-state index in [1.54, 1.807) is 23.6 Å². The Balaban J connectivity index is 1.76. The molecule has 1 fully saturated rings. The smallest absolute Gasteiger partial charge is 0.416 e. The van der Waals surface area contributed by atoms with Gasteiger partial charge in [-0.3, -0.25) is 0 Å². The maximum Gasteiger partial charge on any atom is 0.416 e. The number of amides is 1. The Kier molecular flexibility index (Phi) is 9.44. The minimum Gasteiger partial charge on any atom is -0.447 e. The molecule has 3 atom stereocenters. The zero-order valence-electron chi connectivity index (χ0n) is 24.0. The van der Waals surface area contributed by atoms with Gasteiger partial charge in [0.1, 0.15) is 12.0 Å². The molecule has 0 bridgehead atoms. The lowest BCUT2D eigenvalue weighted by molar-refractivity contribution is -0.143. The number of nitrogens with zero attached hydrogens (tertiary/aromatic N) is 8. The van der Waals surface area contributed by atoms with Crippen LogP contribution in [0.25, 0.3) is 5.69 Å². The molecule has 1 aliphatic rings. The number of likely N-dealkylation sites (tertiary alicyclic amines) is 1. The van der Waals surface area contributed by atoms with Crippen molar-refractivity contribution < 1.29 is 35.9 Å². The van der Waals surface area contributed by atoms with Crippen molar-refractivity contribution in [1.29, 1.82) is 0 Å². The highest BCUT2D eigenvalue weighted by molar-refractivity contribution is 5.69. The molecule has 10 nitrogen and oxygen atoms in total. The molecule has 16 heteroatoms. The van der Waals surface area contributed by atoms with Gasteiger partial charge in [0.25, 0.3) is 0 Å². The van der Waals surface area contributed by atoms with Crippen LogP contribution in [-0.2, 0) is 23.6 Å². The van der Waals surface area contributed by atoms with Crippen molar-refractivity contribution in [3.05, 3.63) is 53.6 Å². The van der Waals surface area contributed by atoms with E-state index in [4.69, 9.17) is 4.74 Å². The van der Waals surface area contributed by atoms with E-state index in [1.165, 1.54) is 23.4 Å². The summed E-state index contributed by atoms with van der Waals surface area (Å²) in [5.74, 6) is 0.0932. The van der Waals surface area contributed by atoms with Crippen molar-refractivity contribution >= 4 is 12.0 Å². The number of ether oxygens (including phenoxy) is 1. The largest absolute Gasteiger partial charge is 0.447 e. The number of tetrazole rings is 1. The second-order valence-electron chi connectivity index (χ2n) is 10.6. The van der Waals surface area contributed by atoms with E-state index < -0.39 is 35.6 Å². The van der Waals surface area contributed by atoms with Gasteiger partial charge in [0.15, 0.2) is 0 Å². The number of alkyl halides is 6. The number of carbonyl (C=O) groups excluding carboxylic acids is 1. The summed E-state index contributed by atoms with van der Waals surface area (Å²) in [4.78, 5) is 25.1. The molecule has 2 aromatic heterocycles. The van der Waals surface area contributed by atoms with Crippen LogP contribution < -0.4 is 4.90 Å². The quantitative estimate of drug-likeness (QED) is 0.282. The molecule has 0 N–H and O–H groups in total. The average Bonchev–Trinajstić information content (AvgIpc) is 3.49. The fraction of sp³-hybridized carbons (Fsp3) is 0.556. The molecule has 3 aromatic rings. The second kappa shape index (κ2) is 12.7. The highest BCUT2D eigenvalue weighted by Crippen LogP contribution is 2.38. The van der Waals surface area contributed by atoms with Gasteiger partial charge in [0.05, 0.1) is 29.6 Å². The summed E-state index contributed by atoms with van der Waals surface area (Å²) in [6, 6.07) is 0.490. The van der Waals surface area contributed by atoms with Crippen molar-refractivity contribution in [1.82, 2.24) is 35.1 Å². The summed E-state index contributed by atoms with van der Waals surface area (Å²) in [6.45, 7) is 6.95. The molecule has 3 heterocycles. The first-order valence-corrected chi connectivity index (χ1v) is 13.8. The fourth-order valence-electron chi connectivity index (χ4n) is 5.32. The first-order chi connectivity index (χ1) is 20.2. The average molecular weight is 615 g/mol. The molecule has 4 rings (SSSR count). The van der Waals surface area contributed by atoms with E-state index >= 15 is 0 Å². The first-order valence-electron chi connectivity index (χ1n) is 13.8. The summed E-state index contributed by atoms with van der Waals surface area (Å²) < 4.78 is 88.7. The summed E-state index contributed by atoms with van der Waals surface area (Å²) in [6.07, 6.45) is -4.83. The molecular formula is C27H32F6N8O2. The lowest BCUT2D eigenvalue weighted by atomic mass is 9.87. The molecule has 1 saturated heterocycles. The first kappa shape index (κ1) is 31.9. The monoisotopic (exact) mass is 614 g/mol. The molecule has 0 spiro atoms. The normalized spacial score (nSPS) is 19.5. The summed E-state index contributed by atoms with van der Waals surface area (Å²) in [5.41, 5.74) is -2.62. The van der Waals surface area contributed by atoms with E-state index in [2.05, 4.69) is 25.5 Å². The Labute approximate surface area is 244 Å². The van der Waals surface area contributed by atoms with E-state index in [0.717, 1.165) is 0 Å². The van der Waals surface area contributed by atoms with Gasteiger partial charge in [-0.25, -0.2) is 14.8 Å². The molecule has 1 aliphatic heterocycles. The SMILES string of the molecule is CC[C@@H]1C[C@H](N(Cc2cc(C(F)(F)F)cc(C(F)(F)F)c2)c2ncc(-n3cnnn3)cn2)C[C@H](CC)N1C(=O)OC(C)C. The number of aromatic nitrogens is 6. The molecule has 43 heavy (non-hydrogen) atoms. The van der Waals surface area contributed by atoms with Crippen molar-refractivity contribution in [2.24, 2.45) is 0 Å². The number of benzene rings is 1. The Morgan fingerprint density at radius 3 is 1.98 bits per heavy atom. The summed E-state index contributed by atoms with van der Waals surface area (Å²) in [5, 5.41) is 10.9. The third kappa shape index (κ3) is 7.51. The predicted molar refractivity (Wildman–Crippen MR) is 142 cm³/mol. The van der Waals surface area contributed by atoms with E-state index in [-0.39, 0.29) is 42.3 Å². The topological polar surface area (TPSA) is 102 Å². The Morgan fingerprint density at radius 2 is 1.53 bits per heavy atom. The Morgan fingerprint density at radius 1 is 0.977 bits per heavy atom. The molecule has 0 aliphatic carbocycles. The maximum atomic E-state index is 13.7. The highest BCUT2D eigenvalue weighted by atomic mass is 19.4. The van der Waals surface area contributed by atoms with Gasteiger partial charge in [-0.1, -0.05) is 13.8 Å². The number of rotatable bonds is 8. The number of hydrogen-bond donors (Lipinski definition) is 0. The minimum absolute atomic E-state index is 0.0932. The molecule has 0 radical (unpaired) electrons. The molecular weight excluding hydrogens is 582 g/mol. The standard InChI is InChI=1S/C27H32F6N8O2/c1-5-20-10-22(11-21(6-2)41(20)25(42)43-16(3)4)39(24-34-12-23(13-35-24)40-15-36-37-38-40)14-17-7-18(26(28,29)30)9-19(8-17)27(31,32)33/h7-9,12-13,15-16,20-22H,5-6,10-11,14H2,1-4H3/t20-,21+,22+. The number of halogens is 6. The molecule has 234 valence electrons. The number of carbonyl (C=O) groups is 1. The fourth-order valence-corrected chi connectivity index (χ4v) is 5.32. The van der Waals surface area contributed by atoms with Crippen LogP contribution in [0.1, 0.15) is 70.1 Å². The van der Waals surface area contributed by atoms with Gasteiger partial charge >= 0.3 is 18.4 Å². The van der Waals surface area contributed by atoms with E-state index in [0.29, 0.717) is 43.5 Å². The van der Waals surface area contributed by atoms with E-state index in [1.807, 2.05) is 13.8 Å². The summed E-state index contributed by atoms with van der Waals surface area (Å²) in [7, 11) is 0. The van der Waals surface area contributed by atoms with Gasteiger partial charge in [-0.05, 0) is 73.7 Å². The van der Waals surface area contributed by atoms with Gasteiger partial charge in [-0.15, -0.1) is 5.10 Å². The number of piperidine rings is 1. The lowest BCUT2D eigenvalue weighted by Crippen LogP contribution is -2.57. The Bertz CT molecular complexity index is 1320. The third-order valence-electron chi connectivity index (χ3n) is 7.30. The third-order valence-corrected chi connectivity index (χ3v) is 7.30. The number of hydrogen-bond acceptors (Lipinski definition) is 8. The Hall–Kier alpha value is -3.98. The summed E-state index contributed by atoms with van der Waals surface area (Å²) >= 11 is 0. The van der Waals surface area contributed by atoms with Crippen LogP contribution in [0.5, 0.6) is 0 Å². The van der Waals surface area contributed by atoms with Crippen molar-refractivity contribution in [3.63, 3.8) is 0 Å². The van der Waals surface area contributed by atoms with E-state index in [9.17, 15) is 31.1 Å². The van der Waals surface area contributed by atoms with Crippen LogP contribution in [0.15, 0.2) is 36.9 Å². The van der Waals surface area contributed by atoms with Crippen LogP contribution in [-0.4, -0.2) is 65.4 Å². The van der Waals surface area contributed by atoms with Gasteiger partial charge in [0, 0.05) is 24.7 Å². The van der Waals surface area contributed by atoms with Crippen LogP contribution in [0.2, 0.25) is 0 Å². The zero-order chi connectivity index (χ0) is 31.5. The van der Waals surface area contributed by atoms with Gasteiger partial charge < -0.3 is 14.5 Å². The molecule has 0 saturated carbocycles. The zero-order valence-corrected chi connectivity index (χ0v) is 24.0. The molecule has 1 amide bonds. The van der Waals surface area contributed by atoms with Crippen molar-refractivity contribution in [2.75, 3.05) is 4.90 Å².